The van der Waals surface area contributed by atoms with Crippen molar-refractivity contribution in [3.05, 3.63) is 23.8 Å². The van der Waals surface area contributed by atoms with E-state index < -0.39 is 0 Å². The molecule has 104 valence electrons. The molecule has 5 nitrogen and oxygen atoms in total. The maximum absolute atomic E-state index is 12.1. The Morgan fingerprint density at radius 3 is 2.74 bits per heavy atom. The predicted octanol–water partition coefficient (Wildman–Crippen LogP) is 1.80. The number of hydrogen-bond acceptors (Lipinski definition) is 4. The van der Waals surface area contributed by atoms with Crippen molar-refractivity contribution in [2.45, 2.75) is 26.2 Å². The molecule has 0 saturated carbocycles. The van der Waals surface area contributed by atoms with Crippen LogP contribution in [-0.4, -0.2) is 30.6 Å². The minimum absolute atomic E-state index is 0.114. The normalized spacial score (nSPS) is 16.1. The number of anilines is 1. The van der Waals surface area contributed by atoms with Crippen LogP contribution in [0.1, 0.15) is 36.5 Å². The average Bonchev–Trinajstić information content (AvgIpc) is 2.42. The van der Waals surface area contributed by atoms with Gasteiger partial charge in [-0.2, -0.15) is 0 Å². The maximum Gasteiger partial charge on any atom is 0.265 e. The second kappa shape index (κ2) is 6.43. The Kier molecular flexibility index (Phi) is 4.63. The number of amides is 1. The fourth-order valence-corrected chi connectivity index (χ4v) is 2.19. The van der Waals surface area contributed by atoms with Crippen molar-refractivity contribution in [2.24, 2.45) is 0 Å². The first-order valence-corrected chi connectivity index (χ1v) is 6.79. The van der Waals surface area contributed by atoms with Crippen LogP contribution in [0.25, 0.3) is 0 Å². The molecule has 1 saturated heterocycles. The number of ether oxygens (including phenoxy) is 1. The topological polar surface area (TPSA) is 67.6 Å². The molecule has 2 rings (SSSR count). The number of benzene rings is 1. The van der Waals surface area contributed by atoms with E-state index in [1.54, 1.807) is 18.2 Å². The van der Waals surface area contributed by atoms with Gasteiger partial charge in [-0.1, -0.05) is 6.42 Å². The van der Waals surface area contributed by atoms with Gasteiger partial charge in [0.05, 0.1) is 12.3 Å². The molecule has 1 fully saturated rings. The van der Waals surface area contributed by atoms with Gasteiger partial charge < -0.3 is 10.5 Å². The Labute approximate surface area is 113 Å². The number of nitrogens with zero attached hydrogens (tertiary/aromatic N) is 1. The Bertz CT molecular complexity index is 442. The second-order valence-corrected chi connectivity index (χ2v) is 4.67. The number of nitrogens with two attached hydrogens (primary N) is 1. The highest BCUT2D eigenvalue weighted by atomic mass is 16.5. The molecule has 19 heavy (non-hydrogen) atoms. The van der Waals surface area contributed by atoms with E-state index in [1.165, 1.54) is 6.42 Å². The van der Waals surface area contributed by atoms with E-state index in [4.69, 9.17) is 10.5 Å². The molecule has 5 heteroatoms. The van der Waals surface area contributed by atoms with Crippen molar-refractivity contribution in [3.8, 4) is 5.75 Å². The number of piperidine rings is 1. The van der Waals surface area contributed by atoms with E-state index in [2.05, 4.69) is 5.43 Å². The van der Waals surface area contributed by atoms with E-state index in [0.29, 0.717) is 23.6 Å². The van der Waals surface area contributed by atoms with E-state index in [9.17, 15) is 4.79 Å². The van der Waals surface area contributed by atoms with Crippen molar-refractivity contribution < 1.29 is 9.53 Å². The van der Waals surface area contributed by atoms with E-state index in [0.717, 1.165) is 25.9 Å². The summed E-state index contributed by atoms with van der Waals surface area (Å²) in [6.07, 6.45) is 3.50. The highest BCUT2D eigenvalue weighted by Gasteiger charge is 2.14. The Balaban J connectivity index is 2.00. The number of carbonyl (C=O) groups excluding carboxylic acids is 1. The molecule has 1 aliphatic heterocycles. The molecule has 0 atom stereocenters. The van der Waals surface area contributed by atoms with Crippen LogP contribution < -0.4 is 15.9 Å². The van der Waals surface area contributed by atoms with Crippen molar-refractivity contribution >= 4 is 11.6 Å². The van der Waals surface area contributed by atoms with Crippen LogP contribution in [0.2, 0.25) is 0 Å². The van der Waals surface area contributed by atoms with Gasteiger partial charge in [-0.15, -0.1) is 0 Å². The molecular weight excluding hydrogens is 242 g/mol. The lowest BCUT2D eigenvalue weighted by Crippen LogP contribution is -2.45. The molecule has 1 aromatic carbocycles. The first kappa shape index (κ1) is 13.7. The first-order chi connectivity index (χ1) is 9.20. The van der Waals surface area contributed by atoms with Crippen LogP contribution in [0.3, 0.4) is 0 Å². The number of rotatable bonds is 4. The van der Waals surface area contributed by atoms with Gasteiger partial charge in [-0.25, -0.2) is 5.01 Å². The minimum atomic E-state index is -0.114. The van der Waals surface area contributed by atoms with Gasteiger partial charge in [0, 0.05) is 18.7 Å². The third-order valence-corrected chi connectivity index (χ3v) is 3.19. The van der Waals surface area contributed by atoms with Crippen LogP contribution in [0.5, 0.6) is 5.75 Å². The lowest BCUT2D eigenvalue weighted by Gasteiger charge is -2.26. The molecule has 1 aromatic rings. The smallest absolute Gasteiger partial charge is 0.265 e. The zero-order valence-corrected chi connectivity index (χ0v) is 11.3. The minimum Gasteiger partial charge on any atom is -0.492 e. The molecule has 0 aliphatic carbocycles. The fraction of sp³-hybridized carbons (Fsp3) is 0.500. The molecule has 0 radical (unpaired) electrons. The summed E-state index contributed by atoms with van der Waals surface area (Å²) in [6.45, 7) is 4.29. The van der Waals surface area contributed by atoms with Crippen LogP contribution in [0.15, 0.2) is 18.2 Å². The van der Waals surface area contributed by atoms with Crippen LogP contribution in [-0.2, 0) is 0 Å². The summed E-state index contributed by atoms with van der Waals surface area (Å²) in [5.41, 5.74) is 9.83. The zero-order valence-electron chi connectivity index (χ0n) is 11.3. The summed E-state index contributed by atoms with van der Waals surface area (Å²) in [5, 5.41) is 1.97. The lowest BCUT2D eigenvalue weighted by atomic mass is 10.1. The molecule has 1 amide bonds. The number of carbonyl (C=O) groups is 1. The number of hydrazine groups is 1. The zero-order chi connectivity index (χ0) is 13.7. The van der Waals surface area contributed by atoms with Crippen molar-refractivity contribution in [1.29, 1.82) is 0 Å². The first-order valence-electron chi connectivity index (χ1n) is 6.79. The second-order valence-electron chi connectivity index (χ2n) is 4.67. The van der Waals surface area contributed by atoms with E-state index >= 15 is 0 Å². The summed E-state index contributed by atoms with van der Waals surface area (Å²) < 4.78 is 5.35. The summed E-state index contributed by atoms with van der Waals surface area (Å²) in [4.78, 5) is 12.1. The summed E-state index contributed by atoms with van der Waals surface area (Å²) in [5.74, 6) is 0.508. The summed E-state index contributed by atoms with van der Waals surface area (Å²) in [7, 11) is 0. The lowest BCUT2D eigenvalue weighted by molar-refractivity contribution is 0.0750. The SMILES string of the molecule is CCOc1ccc(C(=O)NN2CCCCC2)cc1N. The number of hydrogen-bond donors (Lipinski definition) is 2. The summed E-state index contributed by atoms with van der Waals surface area (Å²) in [6, 6.07) is 5.13. The Morgan fingerprint density at radius 1 is 1.37 bits per heavy atom. The van der Waals surface area contributed by atoms with Crippen LogP contribution in [0.4, 0.5) is 5.69 Å². The van der Waals surface area contributed by atoms with Crippen molar-refractivity contribution in [3.63, 3.8) is 0 Å². The van der Waals surface area contributed by atoms with E-state index in [-0.39, 0.29) is 5.91 Å². The third-order valence-electron chi connectivity index (χ3n) is 3.19. The highest BCUT2D eigenvalue weighted by Crippen LogP contribution is 2.22. The van der Waals surface area contributed by atoms with Gasteiger partial charge in [0.15, 0.2) is 0 Å². The predicted molar refractivity (Wildman–Crippen MR) is 74.9 cm³/mol. The van der Waals surface area contributed by atoms with Gasteiger partial charge in [-0.05, 0) is 38.0 Å². The quantitative estimate of drug-likeness (QED) is 0.813. The maximum atomic E-state index is 12.1. The largest absolute Gasteiger partial charge is 0.492 e. The molecule has 1 aliphatic rings. The molecule has 0 bridgehead atoms. The number of nitrogens with one attached hydrogen (secondary N) is 1. The van der Waals surface area contributed by atoms with Gasteiger partial charge in [0.1, 0.15) is 5.75 Å². The third kappa shape index (κ3) is 3.61. The average molecular weight is 263 g/mol. The molecule has 0 unspecified atom stereocenters. The Hall–Kier alpha value is -1.75. The highest BCUT2D eigenvalue weighted by molar-refractivity contribution is 5.95. The molecule has 1 heterocycles. The number of nitrogen functional groups attached to an aromatic ring is 1. The van der Waals surface area contributed by atoms with Gasteiger partial charge in [-0.3, -0.25) is 10.2 Å². The molecular formula is C14H21N3O2. The summed E-state index contributed by atoms with van der Waals surface area (Å²) >= 11 is 0. The molecule has 0 aromatic heterocycles. The molecule has 3 N–H and O–H groups in total. The van der Waals surface area contributed by atoms with E-state index in [1.807, 2.05) is 11.9 Å². The Morgan fingerprint density at radius 2 is 2.11 bits per heavy atom. The van der Waals surface area contributed by atoms with Crippen LogP contribution in [0, 0.1) is 0 Å². The molecule has 0 spiro atoms. The van der Waals surface area contributed by atoms with Gasteiger partial charge in [0.25, 0.3) is 5.91 Å². The van der Waals surface area contributed by atoms with Crippen molar-refractivity contribution in [1.82, 2.24) is 10.4 Å². The van der Waals surface area contributed by atoms with Gasteiger partial charge in [0.2, 0.25) is 0 Å². The fourth-order valence-electron chi connectivity index (χ4n) is 2.19. The van der Waals surface area contributed by atoms with Gasteiger partial charge >= 0.3 is 0 Å². The monoisotopic (exact) mass is 263 g/mol. The van der Waals surface area contributed by atoms with Crippen molar-refractivity contribution in [2.75, 3.05) is 25.4 Å². The van der Waals surface area contributed by atoms with Crippen LogP contribution >= 0.6 is 0 Å². The standard InChI is InChI=1S/C14H21N3O2/c1-2-19-13-7-6-11(10-12(13)15)14(18)16-17-8-4-3-5-9-17/h6-7,10H,2-5,8-9,15H2,1H3,(H,16,18).